The van der Waals surface area contributed by atoms with E-state index in [4.69, 9.17) is 23.8 Å². The summed E-state index contributed by atoms with van der Waals surface area (Å²) < 4.78 is 15.3. The van der Waals surface area contributed by atoms with E-state index in [0.29, 0.717) is 22.2 Å². The largest absolute Gasteiger partial charge is 0.362 e. The second kappa shape index (κ2) is 7.23. The maximum absolute atomic E-state index is 14.2. The molecule has 0 aliphatic carbocycles. The number of para-hydroxylation sites is 1. The van der Waals surface area contributed by atoms with Crippen LogP contribution < -0.4 is 10.6 Å². The normalized spacial score (nSPS) is 11.5. The maximum Gasteiger partial charge on any atom is 0.190 e. The minimum Gasteiger partial charge on any atom is -0.362 e. The quantitative estimate of drug-likeness (QED) is 0.585. The van der Waals surface area contributed by atoms with Crippen molar-refractivity contribution in [1.82, 2.24) is 10.3 Å². The van der Waals surface area contributed by atoms with Crippen LogP contribution in [0.2, 0.25) is 5.02 Å². The van der Waals surface area contributed by atoms with Crippen LogP contribution >= 0.6 is 35.2 Å². The zero-order valence-corrected chi connectivity index (χ0v) is 16.2. The summed E-state index contributed by atoms with van der Waals surface area (Å²) in [6, 6.07) is 12.6. The van der Waals surface area contributed by atoms with E-state index in [2.05, 4.69) is 15.6 Å². The van der Waals surface area contributed by atoms with Gasteiger partial charge in [0, 0.05) is 22.5 Å². The van der Waals surface area contributed by atoms with Gasteiger partial charge in [0.15, 0.2) is 10.2 Å². The van der Waals surface area contributed by atoms with Gasteiger partial charge in [-0.25, -0.2) is 9.37 Å². The highest BCUT2D eigenvalue weighted by Crippen LogP contribution is 2.31. The summed E-state index contributed by atoms with van der Waals surface area (Å²) in [4.78, 5) is 4.48. The Bertz CT molecular complexity index is 870. The molecule has 0 saturated carbocycles. The molecule has 1 heterocycles. The van der Waals surface area contributed by atoms with Crippen molar-refractivity contribution in [3.63, 3.8) is 0 Å². The molecule has 3 aromatic rings. The summed E-state index contributed by atoms with van der Waals surface area (Å²) in [7, 11) is 0. The number of aromatic nitrogens is 1. The highest BCUT2D eigenvalue weighted by Gasteiger charge is 2.27. The molecule has 0 amide bonds. The molecule has 7 heteroatoms. The van der Waals surface area contributed by atoms with Gasteiger partial charge in [0.05, 0.1) is 10.2 Å². The number of hydrogen-bond acceptors (Lipinski definition) is 3. The van der Waals surface area contributed by atoms with Crippen LogP contribution in [-0.2, 0) is 5.41 Å². The molecule has 0 saturated heterocycles. The second-order valence-corrected chi connectivity index (χ2v) is 8.12. The van der Waals surface area contributed by atoms with E-state index in [1.807, 2.05) is 38.1 Å². The fraction of sp³-hybridized carbons (Fsp3) is 0.222. The summed E-state index contributed by atoms with van der Waals surface area (Å²) in [5, 5.41) is 7.80. The molecule has 3 rings (SSSR count). The number of hydrogen-bond donors (Lipinski definition) is 2. The lowest BCUT2D eigenvalue weighted by molar-refractivity contribution is 0.477. The molecule has 0 unspecified atom stereocenters. The Labute approximate surface area is 160 Å². The molecule has 2 aromatic carbocycles. The number of rotatable bonds is 4. The number of anilines is 1. The number of thiazole rings is 1. The lowest BCUT2D eigenvalue weighted by Gasteiger charge is -2.27. The van der Waals surface area contributed by atoms with Crippen molar-refractivity contribution < 1.29 is 4.39 Å². The van der Waals surface area contributed by atoms with Crippen LogP contribution in [0.4, 0.5) is 9.52 Å². The third-order valence-electron chi connectivity index (χ3n) is 3.84. The van der Waals surface area contributed by atoms with Gasteiger partial charge in [-0.1, -0.05) is 55.0 Å². The average Bonchev–Trinajstić information content (AvgIpc) is 2.95. The Hall–Kier alpha value is -1.76. The minimum atomic E-state index is -0.526. The summed E-state index contributed by atoms with van der Waals surface area (Å²) in [6.45, 7) is 4.28. The van der Waals surface area contributed by atoms with Gasteiger partial charge >= 0.3 is 0 Å². The lowest BCUT2D eigenvalue weighted by Crippen LogP contribution is -2.39. The van der Waals surface area contributed by atoms with E-state index < -0.39 is 5.41 Å². The molecule has 0 atom stereocenters. The molecule has 0 fully saturated rings. The molecule has 3 nitrogen and oxygen atoms in total. The van der Waals surface area contributed by atoms with Gasteiger partial charge in [0.1, 0.15) is 5.82 Å². The zero-order valence-electron chi connectivity index (χ0n) is 13.8. The number of benzene rings is 2. The Morgan fingerprint density at radius 1 is 1.24 bits per heavy atom. The third-order valence-corrected chi connectivity index (χ3v) is 5.36. The van der Waals surface area contributed by atoms with Crippen molar-refractivity contribution in [3.8, 4) is 0 Å². The van der Waals surface area contributed by atoms with Crippen LogP contribution in [0, 0.1) is 5.82 Å². The van der Waals surface area contributed by atoms with Crippen molar-refractivity contribution in [2.75, 3.05) is 11.9 Å². The van der Waals surface area contributed by atoms with Crippen molar-refractivity contribution in [2.24, 2.45) is 0 Å². The lowest BCUT2D eigenvalue weighted by atomic mass is 9.84. The molecule has 0 aliphatic rings. The fourth-order valence-corrected chi connectivity index (χ4v) is 4.12. The number of thiocarbonyl (C=S) groups is 1. The number of nitrogens with zero attached hydrogens (tertiary/aromatic N) is 1. The van der Waals surface area contributed by atoms with Gasteiger partial charge in [0.25, 0.3) is 0 Å². The number of nitrogens with one attached hydrogen (secondary N) is 2. The van der Waals surface area contributed by atoms with E-state index in [1.54, 1.807) is 12.1 Å². The molecule has 1 aromatic heterocycles. The summed E-state index contributed by atoms with van der Waals surface area (Å²) in [6.07, 6.45) is 0. The predicted octanol–water partition coefficient (Wildman–Crippen LogP) is 5.35. The van der Waals surface area contributed by atoms with Crippen LogP contribution in [0.1, 0.15) is 19.4 Å². The molecule has 130 valence electrons. The van der Waals surface area contributed by atoms with E-state index in [0.717, 1.165) is 15.3 Å². The van der Waals surface area contributed by atoms with Crippen LogP contribution in [0.5, 0.6) is 0 Å². The van der Waals surface area contributed by atoms with Crippen LogP contribution in [0.3, 0.4) is 0 Å². The van der Waals surface area contributed by atoms with Crippen molar-refractivity contribution >= 4 is 55.6 Å². The average molecular weight is 394 g/mol. The van der Waals surface area contributed by atoms with Crippen molar-refractivity contribution in [3.05, 3.63) is 58.9 Å². The van der Waals surface area contributed by atoms with E-state index in [1.165, 1.54) is 17.4 Å². The monoisotopic (exact) mass is 393 g/mol. The first kappa shape index (κ1) is 18.0. The van der Waals surface area contributed by atoms with Gasteiger partial charge in [-0.05, 0) is 36.5 Å². The Kier molecular flexibility index (Phi) is 5.22. The third kappa shape index (κ3) is 4.08. The molecule has 25 heavy (non-hydrogen) atoms. The molecular weight excluding hydrogens is 377 g/mol. The van der Waals surface area contributed by atoms with Gasteiger partial charge in [-0.15, -0.1) is 0 Å². The topological polar surface area (TPSA) is 37.0 Å². The van der Waals surface area contributed by atoms with Crippen LogP contribution in [-0.4, -0.2) is 16.6 Å². The molecule has 0 radical (unpaired) electrons. The minimum absolute atomic E-state index is 0.315. The smallest absolute Gasteiger partial charge is 0.190 e. The maximum atomic E-state index is 14.2. The first-order chi connectivity index (χ1) is 11.9. The van der Waals surface area contributed by atoms with E-state index in [9.17, 15) is 4.39 Å². The summed E-state index contributed by atoms with van der Waals surface area (Å²) >= 11 is 13.1. The first-order valence-electron chi connectivity index (χ1n) is 7.72. The number of fused-ring (bicyclic) bond motifs is 1. The predicted molar refractivity (Wildman–Crippen MR) is 108 cm³/mol. The van der Waals surface area contributed by atoms with Gasteiger partial charge in [-0.3, -0.25) is 0 Å². The van der Waals surface area contributed by atoms with E-state index >= 15 is 0 Å². The fourth-order valence-electron chi connectivity index (χ4n) is 2.60. The van der Waals surface area contributed by atoms with Gasteiger partial charge < -0.3 is 10.6 Å². The Morgan fingerprint density at radius 3 is 2.72 bits per heavy atom. The molecule has 0 bridgehead atoms. The SMILES string of the molecule is CC(C)(CNC(=S)Nc1nc2ccccc2s1)c1c(F)cccc1Cl. The standard InChI is InChI=1S/C18H17ClFN3S2/c1-18(2,15-11(19)6-5-7-12(15)20)10-21-16(24)23-17-22-13-8-3-4-9-14(13)25-17/h3-9H,10H2,1-2H3,(H2,21,22,23,24). The highest BCUT2D eigenvalue weighted by molar-refractivity contribution is 7.80. The molecule has 0 aliphatic heterocycles. The van der Waals surface area contributed by atoms with Crippen LogP contribution in [0.25, 0.3) is 10.2 Å². The van der Waals surface area contributed by atoms with Gasteiger partial charge in [0.2, 0.25) is 0 Å². The van der Waals surface area contributed by atoms with Crippen molar-refractivity contribution in [2.45, 2.75) is 19.3 Å². The molecule has 2 N–H and O–H groups in total. The highest BCUT2D eigenvalue weighted by atomic mass is 35.5. The summed E-state index contributed by atoms with van der Waals surface area (Å²) in [5.41, 5.74) is 0.880. The zero-order chi connectivity index (χ0) is 18.0. The Morgan fingerprint density at radius 2 is 2.00 bits per heavy atom. The van der Waals surface area contributed by atoms with E-state index in [-0.39, 0.29) is 5.82 Å². The van der Waals surface area contributed by atoms with Crippen molar-refractivity contribution in [1.29, 1.82) is 0 Å². The van der Waals surface area contributed by atoms with Gasteiger partial charge in [-0.2, -0.15) is 0 Å². The summed E-state index contributed by atoms with van der Waals surface area (Å²) in [5.74, 6) is -0.315. The first-order valence-corrected chi connectivity index (χ1v) is 9.32. The second-order valence-electron chi connectivity index (χ2n) is 6.27. The molecular formula is C18H17ClFN3S2. The molecule has 0 spiro atoms. The van der Waals surface area contributed by atoms with Crippen LogP contribution in [0.15, 0.2) is 42.5 Å². The number of halogens is 2. The Balaban J connectivity index is 1.67.